The summed E-state index contributed by atoms with van der Waals surface area (Å²) >= 11 is 3.44. The molecular weight excluding hydrogens is 359 g/mol. The summed E-state index contributed by atoms with van der Waals surface area (Å²) < 4.78 is 15.1. The van der Waals surface area contributed by atoms with Gasteiger partial charge in [-0.2, -0.15) is 0 Å². The molecule has 1 aliphatic carbocycles. The molecule has 1 saturated carbocycles. The molecule has 0 bridgehead atoms. The molecule has 1 aromatic carbocycles. The summed E-state index contributed by atoms with van der Waals surface area (Å²) in [5.74, 6) is 1.55. The van der Waals surface area contributed by atoms with Crippen LogP contribution in [0.5, 0.6) is 0 Å². The number of nitrogens with zero attached hydrogens (tertiary/aromatic N) is 1. The highest BCUT2D eigenvalue weighted by Crippen LogP contribution is 2.47. The number of hydrogen-bond donors (Lipinski definition) is 2. The van der Waals surface area contributed by atoms with Gasteiger partial charge in [-0.25, -0.2) is 4.39 Å². The van der Waals surface area contributed by atoms with Crippen molar-refractivity contribution < 1.29 is 9.50 Å². The van der Waals surface area contributed by atoms with Crippen molar-refractivity contribution in [3.05, 3.63) is 28.0 Å². The van der Waals surface area contributed by atoms with Gasteiger partial charge in [0.25, 0.3) is 0 Å². The molecule has 0 amide bonds. The highest BCUT2D eigenvalue weighted by atomic mass is 79.9. The maximum atomic E-state index is 14.2. The Balaban J connectivity index is 1.77. The van der Waals surface area contributed by atoms with Gasteiger partial charge in [-0.3, -0.25) is 0 Å². The molecule has 2 N–H and O–H groups in total. The summed E-state index contributed by atoms with van der Waals surface area (Å²) in [6, 6.07) is 3.64. The molecule has 5 heteroatoms. The Hall–Kier alpha value is -0.650. The number of anilines is 1. The van der Waals surface area contributed by atoms with Crippen molar-refractivity contribution in [2.75, 3.05) is 38.1 Å². The minimum absolute atomic E-state index is 0.148. The molecule has 3 atom stereocenters. The number of halogens is 2. The Morgan fingerprint density at radius 1 is 1.39 bits per heavy atom. The number of aliphatic hydroxyl groups is 1. The van der Waals surface area contributed by atoms with E-state index in [1.807, 2.05) is 0 Å². The molecule has 0 saturated heterocycles. The highest BCUT2D eigenvalue weighted by Gasteiger charge is 2.36. The zero-order valence-corrected chi connectivity index (χ0v) is 15.3. The average molecular weight is 385 g/mol. The van der Waals surface area contributed by atoms with Crippen LogP contribution in [0.25, 0.3) is 0 Å². The molecule has 3 nitrogen and oxygen atoms in total. The Labute approximate surface area is 146 Å². The maximum Gasteiger partial charge on any atom is 0.147 e. The van der Waals surface area contributed by atoms with Crippen molar-refractivity contribution in [2.24, 2.45) is 11.8 Å². The van der Waals surface area contributed by atoms with Gasteiger partial charge in [0.15, 0.2) is 0 Å². The lowest BCUT2D eigenvalue weighted by atomic mass is 9.69. The molecule has 0 spiro atoms. The first-order chi connectivity index (χ1) is 11.1. The zero-order valence-electron chi connectivity index (χ0n) is 13.7. The lowest BCUT2D eigenvalue weighted by molar-refractivity contribution is 0.146. The third-order valence-corrected chi connectivity index (χ3v) is 5.97. The topological polar surface area (TPSA) is 35.5 Å². The van der Waals surface area contributed by atoms with Crippen LogP contribution in [-0.2, 0) is 0 Å². The van der Waals surface area contributed by atoms with E-state index in [2.05, 4.69) is 39.1 Å². The molecule has 3 rings (SSSR count). The second-order valence-corrected chi connectivity index (χ2v) is 7.81. The fourth-order valence-electron chi connectivity index (χ4n) is 4.30. The summed E-state index contributed by atoms with van der Waals surface area (Å²) in [7, 11) is 0. The molecule has 3 unspecified atom stereocenters. The monoisotopic (exact) mass is 384 g/mol. The molecule has 0 radical (unpaired) electrons. The third-order valence-electron chi connectivity index (χ3n) is 5.51. The normalized spacial score (nSPS) is 26.6. The van der Waals surface area contributed by atoms with Gasteiger partial charge in [0.05, 0.1) is 12.3 Å². The third kappa shape index (κ3) is 3.72. The van der Waals surface area contributed by atoms with Crippen molar-refractivity contribution >= 4 is 21.6 Å². The minimum atomic E-state index is -0.148. The van der Waals surface area contributed by atoms with E-state index in [1.54, 1.807) is 6.07 Å². The molecule has 1 aromatic rings. The van der Waals surface area contributed by atoms with E-state index in [0.717, 1.165) is 42.6 Å². The number of benzene rings is 1. The van der Waals surface area contributed by atoms with Crippen molar-refractivity contribution in [1.29, 1.82) is 0 Å². The number of hydrogen-bond acceptors (Lipinski definition) is 3. The van der Waals surface area contributed by atoms with Crippen molar-refractivity contribution in [3.63, 3.8) is 0 Å². The Morgan fingerprint density at radius 2 is 2.22 bits per heavy atom. The second kappa shape index (κ2) is 7.49. The van der Waals surface area contributed by atoms with Crippen LogP contribution in [-0.4, -0.2) is 42.8 Å². The van der Waals surface area contributed by atoms with Crippen LogP contribution in [0.1, 0.15) is 37.7 Å². The smallest absolute Gasteiger partial charge is 0.147 e. The molecule has 1 aliphatic heterocycles. The molecule has 128 valence electrons. The number of likely N-dealkylation sites (N-methyl/N-ethyl adjacent to an activating group) is 1. The summed E-state index contributed by atoms with van der Waals surface area (Å²) in [6.07, 6.45) is 3.56. The highest BCUT2D eigenvalue weighted by molar-refractivity contribution is 9.10. The van der Waals surface area contributed by atoms with Gasteiger partial charge >= 0.3 is 0 Å². The van der Waals surface area contributed by atoms with Crippen molar-refractivity contribution in [3.8, 4) is 0 Å². The maximum absolute atomic E-state index is 14.2. The van der Waals surface area contributed by atoms with E-state index < -0.39 is 0 Å². The lowest BCUT2D eigenvalue weighted by Gasteiger charge is -2.42. The lowest BCUT2D eigenvalue weighted by Crippen LogP contribution is -2.38. The average Bonchev–Trinajstić information content (AvgIpc) is 2.54. The number of rotatable bonds is 5. The van der Waals surface area contributed by atoms with Crippen molar-refractivity contribution in [1.82, 2.24) is 4.90 Å². The number of aliphatic hydroxyl groups excluding tert-OH is 1. The van der Waals surface area contributed by atoms with Crippen LogP contribution < -0.4 is 5.32 Å². The Morgan fingerprint density at radius 3 is 2.96 bits per heavy atom. The molecule has 1 fully saturated rings. The second-order valence-electron chi connectivity index (χ2n) is 6.90. The van der Waals surface area contributed by atoms with Crippen LogP contribution >= 0.6 is 15.9 Å². The SMILES string of the molecule is CCN(CCO)CC1CCC2CNc3c(F)cc(Br)cc3C2C1. The fourth-order valence-corrected chi connectivity index (χ4v) is 4.75. The van der Waals surface area contributed by atoms with E-state index in [4.69, 9.17) is 0 Å². The van der Waals surface area contributed by atoms with Crippen molar-refractivity contribution in [2.45, 2.75) is 32.1 Å². The fraction of sp³-hybridized carbons (Fsp3) is 0.667. The largest absolute Gasteiger partial charge is 0.395 e. The van der Waals surface area contributed by atoms with Crippen LogP contribution in [0, 0.1) is 17.7 Å². The van der Waals surface area contributed by atoms with Gasteiger partial charge in [0, 0.05) is 24.1 Å². The van der Waals surface area contributed by atoms with E-state index in [9.17, 15) is 9.50 Å². The summed E-state index contributed by atoms with van der Waals surface area (Å²) in [6.45, 7) is 6.02. The summed E-state index contributed by atoms with van der Waals surface area (Å²) in [4.78, 5) is 2.33. The van der Waals surface area contributed by atoms with E-state index >= 15 is 0 Å². The van der Waals surface area contributed by atoms with Crippen LogP contribution in [0.15, 0.2) is 16.6 Å². The van der Waals surface area contributed by atoms with Gasteiger partial charge < -0.3 is 15.3 Å². The Bertz CT molecular complexity index is 554. The Kier molecular flexibility index (Phi) is 5.60. The van der Waals surface area contributed by atoms with Gasteiger partial charge in [0.1, 0.15) is 5.82 Å². The quantitative estimate of drug-likeness (QED) is 0.809. The van der Waals surface area contributed by atoms with Gasteiger partial charge in [-0.15, -0.1) is 0 Å². The van der Waals surface area contributed by atoms with E-state index in [0.29, 0.717) is 23.4 Å². The first kappa shape index (κ1) is 17.2. The van der Waals surface area contributed by atoms with Crippen LogP contribution in [0.3, 0.4) is 0 Å². The first-order valence-corrected chi connectivity index (χ1v) is 9.47. The van der Waals surface area contributed by atoms with Gasteiger partial charge in [-0.05, 0) is 61.3 Å². The predicted octanol–water partition coefficient (Wildman–Crippen LogP) is 3.83. The van der Waals surface area contributed by atoms with Gasteiger partial charge in [-0.1, -0.05) is 22.9 Å². The zero-order chi connectivity index (χ0) is 16.4. The molecule has 23 heavy (non-hydrogen) atoms. The summed E-state index contributed by atoms with van der Waals surface area (Å²) in [5, 5.41) is 12.5. The first-order valence-electron chi connectivity index (χ1n) is 8.68. The van der Waals surface area contributed by atoms with Crippen LogP contribution in [0.2, 0.25) is 0 Å². The molecule has 0 aromatic heterocycles. The summed E-state index contributed by atoms with van der Waals surface area (Å²) in [5.41, 5.74) is 1.85. The minimum Gasteiger partial charge on any atom is -0.395 e. The van der Waals surface area contributed by atoms with E-state index in [-0.39, 0.29) is 12.4 Å². The molecular formula is C18H26BrFN2O. The molecule has 1 heterocycles. The molecule has 2 aliphatic rings. The standard InChI is InChI=1S/C18H26BrFN2O/c1-2-22(5-6-23)11-12-3-4-13-10-21-18-16(15(13)7-12)8-14(19)9-17(18)20/h8-9,12-13,15,21,23H,2-7,10-11H2,1H3. The van der Waals surface area contributed by atoms with Crippen LogP contribution in [0.4, 0.5) is 10.1 Å². The number of fused-ring (bicyclic) bond motifs is 3. The van der Waals surface area contributed by atoms with E-state index in [1.165, 1.54) is 12.8 Å². The number of nitrogens with one attached hydrogen (secondary N) is 1. The predicted molar refractivity (Wildman–Crippen MR) is 95.4 cm³/mol. The van der Waals surface area contributed by atoms with Gasteiger partial charge in [0.2, 0.25) is 0 Å².